The van der Waals surface area contributed by atoms with Crippen molar-refractivity contribution in [2.24, 2.45) is 5.41 Å². The van der Waals surface area contributed by atoms with Crippen LogP contribution in [0, 0.1) is 5.41 Å². The molecule has 0 radical (unpaired) electrons. The third kappa shape index (κ3) is 5.30. The largest absolute Gasteiger partial charge is 0.311 e. The lowest BCUT2D eigenvalue weighted by Crippen LogP contribution is -2.43. The van der Waals surface area contributed by atoms with Crippen molar-refractivity contribution in [3.8, 4) is 0 Å². The minimum atomic E-state index is 0.376. The van der Waals surface area contributed by atoms with Gasteiger partial charge in [0.1, 0.15) is 0 Å². The van der Waals surface area contributed by atoms with Crippen molar-refractivity contribution >= 4 is 0 Å². The van der Waals surface area contributed by atoms with Gasteiger partial charge in [-0.3, -0.25) is 0 Å². The second kappa shape index (κ2) is 5.64. The zero-order chi connectivity index (χ0) is 10.5. The molecule has 80 valence electrons. The van der Waals surface area contributed by atoms with Crippen molar-refractivity contribution < 1.29 is 0 Å². The maximum atomic E-state index is 3.71. The molecule has 1 heteroatoms. The molecule has 2 atom stereocenters. The summed E-state index contributed by atoms with van der Waals surface area (Å²) in [5, 5.41) is 3.71. The van der Waals surface area contributed by atoms with E-state index in [0.29, 0.717) is 17.5 Å². The van der Waals surface area contributed by atoms with Crippen molar-refractivity contribution in [1.29, 1.82) is 0 Å². The molecule has 0 fully saturated rings. The fourth-order valence-electron chi connectivity index (χ4n) is 1.36. The minimum Gasteiger partial charge on any atom is -0.311 e. The minimum absolute atomic E-state index is 0.376. The number of hydrogen-bond acceptors (Lipinski definition) is 1. The molecule has 2 unspecified atom stereocenters. The summed E-state index contributed by atoms with van der Waals surface area (Å²) < 4.78 is 0. The van der Waals surface area contributed by atoms with E-state index in [9.17, 15) is 0 Å². The van der Waals surface area contributed by atoms with E-state index in [1.807, 2.05) is 0 Å². The molecule has 0 saturated carbocycles. The zero-order valence-electron chi connectivity index (χ0n) is 10.3. The van der Waals surface area contributed by atoms with E-state index < -0.39 is 0 Å². The van der Waals surface area contributed by atoms with Crippen molar-refractivity contribution in [3.63, 3.8) is 0 Å². The molecule has 1 nitrogen and oxygen atoms in total. The molecule has 0 aromatic carbocycles. The highest BCUT2D eigenvalue weighted by atomic mass is 15.0. The summed E-state index contributed by atoms with van der Waals surface area (Å²) in [5.41, 5.74) is 0.376. The molecule has 0 amide bonds. The molecule has 0 rings (SSSR count). The normalized spacial score (nSPS) is 17.1. The van der Waals surface area contributed by atoms with Gasteiger partial charge in [0.05, 0.1) is 0 Å². The van der Waals surface area contributed by atoms with Crippen LogP contribution in [0.3, 0.4) is 0 Å². The molecule has 1 N–H and O–H groups in total. The van der Waals surface area contributed by atoms with E-state index in [0.717, 1.165) is 0 Å². The van der Waals surface area contributed by atoms with Crippen LogP contribution in [0.2, 0.25) is 0 Å². The quantitative estimate of drug-likeness (QED) is 0.690. The fourth-order valence-corrected chi connectivity index (χ4v) is 1.36. The first-order chi connectivity index (χ1) is 5.91. The Morgan fingerprint density at radius 1 is 1.15 bits per heavy atom. The molecule has 0 heterocycles. The van der Waals surface area contributed by atoms with Gasteiger partial charge < -0.3 is 5.32 Å². The summed E-state index contributed by atoms with van der Waals surface area (Å²) >= 11 is 0. The highest BCUT2D eigenvalue weighted by molar-refractivity contribution is 4.79. The maximum absolute atomic E-state index is 3.71. The van der Waals surface area contributed by atoms with Crippen LogP contribution in [0.25, 0.3) is 0 Å². The van der Waals surface area contributed by atoms with Crippen LogP contribution >= 0.6 is 0 Å². The predicted octanol–water partition coefficient (Wildman–Crippen LogP) is 3.59. The van der Waals surface area contributed by atoms with Gasteiger partial charge in [-0.25, -0.2) is 0 Å². The predicted molar refractivity (Wildman–Crippen MR) is 61.0 cm³/mol. The molecular weight excluding hydrogens is 158 g/mol. The molecule has 0 aliphatic heterocycles. The summed E-state index contributed by atoms with van der Waals surface area (Å²) in [5.74, 6) is 0. The first kappa shape index (κ1) is 13.0. The lowest BCUT2D eigenvalue weighted by atomic mass is 9.87. The van der Waals surface area contributed by atoms with E-state index in [1.165, 1.54) is 19.3 Å². The van der Waals surface area contributed by atoms with Gasteiger partial charge in [-0.2, -0.15) is 0 Å². The molecule has 0 spiro atoms. The Balaban J connectivity index is 3.93. The topological polar surface area (TPSA) is 12.0 Å². The highest BCUT2D eigenvalue weighted by Gasteiger charge is 2.21. The zero-order valence-corrected chi connectivity index (χ0v) is 10.3. The van der Waals surface area contributed by atoms with Crippen molar-refractivity contribution in [2.45, 2.75) is 72.9 Å². The van der Waals surface area contributed by atoms with Gasteiger partial charge in [0.2, 0.25) is 0 Å². The molecule has 0 aliphatic carbocycles. The van der Waals surface area contributed by atoms with Crippen LogP contribution < -0.4 is 5.32 Å². The summed E-state index contributed by atoms with van der Waals surface area (Å²) in [6.45, 7) is 13.7. The van der Waals surface area contributed by atoms with Gasteiger partial charge in [-0.15, -0.1) is 0 Å². The summed E-state index contributed by atoms with van der Waals surface area (Å²) in [7, 11) is 0. The summed E-state index contributed by atoms with van der Waals surface area (Å²) in [4.78, 5) is 0. The van der Waals surface area contributed by atoms with Gasteiger partial charge in [-0.05, 0) is 25.2 Å². The van der Waals surface area contributed by atoms with Gasteiger partial charge in [-0.1, -0.05) is 41.0 Å². The summed E-state index contributed by atoms with van der Waals surface area (Å²) in [6, 6.07) is 1.31. The molecular formula is C12H27N. The van der Waals surface area contributed by atoms with Crippen molar-refractivity contribution in [2.75, 3.05) is 0 Å². The number of nitrogens with one attached hydrogen (secondary N) is 1. The van der Waals surface area contributed by atoms with E-state index in [2.05, 4.69) is 46.9 Å². The third-order valence-electron chi connectivity index (χ3n) is 2.91. The van der Waals surface area contributed by atoms with Gasteiger partial charge in [0, 0.05) is 12.1 Å². The Morgan fingerprint density at radius 3 is 2.00 bits per heavy atom. The first-order valence-corrected chi connectivity index (χ1v) is 5.67. The molecule has 0 aromatic rings. The molecule has 0 bridgehead atoms. The van der Waals surface area contributed by atoms with Crippen LogP contribution in [0.5, 0.6) is 0 Å². The van der Waals surface area contributed by atoms with E-state index in [-0.39, 0.29) is 0 Å². The Hall–Kier alpha value is -0.0400. The Bertz CT molecular complexity index is 124. The lowest BCUT2D eigenvalue weighted by molar-refractivity contribution is 0.254. The van der Waals surface area contributed by atoms with Crippen LogP contribution in [-0.4, -0.2) is 12.1 Å². The second-order valence-corrected chi connectivity index (χ2v) is 5.15. The number of rotatable bonds is 5. The van der Waals surface area contributed by atoms with Gasteiger partial charge in [0.25, 0.3) is 0 Å². The molecule has 13 heavy (non-hydrogen) atoms. The van der Waals surface area contributed by atoms with Crippen LogP contribution in [0.15, 0.2) is 0 Å². The average Bonchev–Trinajstić information content (AvgIpc) is 2.01. The monoisotopic (exact) mass is 185 g/mol. The second-order valence-electron chi connectivity index (χ2n) is 5.15. The van der Waals surface area contributed by atoms with Crippen LogP contribution in [-0.2, 0) is 0 Å². The maximum Gasteiger partial charge on any atom is 0.00898 e. The SMILES string of the molecule is CCCC(CC)NC(C)C(C)(C)C. The highest BCUT2D eigenvalue weighted by Crippen LogP contribution is 2.19. The summed E-state index contributed by atoms with van der Waals surface area (Å²) in [6.07, 6.45) is 3.83. The van der Waals surface area contributed by atoms with E-state index in [4.69, 9.17) is 0 Å². The van der Waals surface area contributed by atoms with Crippen molar-refractivity contribution in [3.05, 3.63) is 0 Å². The standard InChI is InChI=1S/C12H27N/c1-7-9-11(8-2)13-10(3)12(4,5)6/h10-11,13H,7-9H2,1-6H3. The van der Waals surface area contributed by atoms with Crippen LogP contribution in [0.1, 0.15) is 60.8 Å². The molecule has 0 saturated heterocycles. The number of hydrogen-bond donors (Lipinski definition) is 1. The van der Waals surface area contributed by atoms with Gasteiger partial charge >= 0.3 is 0 Å². The first-order valence-electron chi connectivity index (χ1n) is 5.67. The Kier molecular flexibility index (Phi) is 5.62. The fraction of sp³-hybridized carbons (Fsp3) is 1.00. The average molecular weight is 185 g/mol. The smallest absolute Gasteiger partial charge is 0.00898 e. The van der Waals surface area contributed by atoms with Gasteiger partial charge in [0.15, 0.2) is 0 Å². The lowest BCUT2D eigenvalue weighted by Gasteiger charge is -2.32. The van der Waals surface area contributed by atoms with Crippen molar-refractivity contribution in [1.82, 2.24) is 5.32 Å². The Labute approximate surface area is 84.3 Å². The van der Waals surface area contributed by atoms with Crippen LogP contribution in [0.4, 0.5) is 0 Å². The van der Waals surface area contributed by atoms with E-state index in [1.54, 1.807) is 0 Å². The molecule has 0 aromatic heterocycles. The molecule has 0 aliphatic rings. The third-order valence-corrected chi connectivity index (χ3v) is 2.91. The Morgan fingerprint density at radius 2 is 1.69 bits per heavy atom. The van der Waals surface area contributed by atoms with E-state index >= 15 is 0 Å².